The van der Waals surface area contributed by atoms with E-state index in [4.69, 9.17) is 19.1 Å². The summed E-state index contributed by atoms with van der Waals surface area (Å²) < 4.78 is 13.5. The van der Waals surface area contributed by atoms with E-state index in [0.29, 0.717) is 5.57 Å². The number of carbonyl (C=O) groups excluding carboxylic acids is 1. The van der Waals surface area contributed by atoms with Gasteiger partial charge in [0.1, 0.15) is 0 Å². The Hall–Kier alpha value is -0.640. The van der Waals surface area contributed by atoms with Crippen molar-refractivity contribution in [3.05, 3.63) is 12.2 Å². The fourth-order valence-corrected chi connectivity index (χ4v) is 0.315. The smallest absolute Gasteiger partial charge is 0.333 e. The van der Waals surface area contributed by atoms with Crippen molar-refractivity contribution in [1.29, 1.82) is 0 Å². The molecule has 5 nitrogen and oxygen atoms in total. The highest BCUT2D eigenvalue weighted by molar-refractivity contribution is 7.30. The molecule has 0 unspecified atom stereocenters. The van der Waals surface area contributed by atoms with Crippen LogP contribution in [0, 0.1) is 0 Å². The minimum absolute atomic E-state index is 0.0470. The maximum atomic E-state index is 10.6. The molecule has 0 spiro atoms. The van der Waals surface area contributed by atoms with Gasteiger partial charge in [-0.3, -0.25) is 4.57 Å². The Labute approximate surface area is 78.0 Å². The van der Waals surface area contributed by atoms with Crippen LogP contribution >= 0.6 is 8.25 Å². The van der Waals surface area contributed by atoms with Crippen molar-refractivity contribution in [1.82, 2.24) is 0 Å². The zero-order valence-corrected chi connectivity index (χ0v) is 8.90. The molecule has 13 heavy (non-hydrogen) atoms. The summed E-state index contributed by atoms with van der Waals surface area (Å²) >= 11 is 0. The third-order valence-electron chi connectivity index (χ3n) is 0.691. The van der Waals surface area contributed by atoms with Gasteiger partial charge in [0.05, 0.1) is 6.10 Å². The molecule has 0 aliphatic carbocycles. The molecule has 0 radical (unpaired) electrons. The lowest BCUT2D eigenvalue weighted by atomic mass is 10.3. The van der Waals surface area contributed by atoms with Gasteiger partial charge in [0.2, 0.25) is 0 Å². The number of hydrogen-bond acceptors (Lipinski definition) is 3. The molecule has 0 heterocycles. The number of rotatable bonds is 2. The molecule has 0 saturated carbocycles. The third kappa shape index (κ3) is 18.4. The van der Waals surface area contributed by atoms with Crippen LogP contribution in [0.4, 0.5) is 0 Å². The number of esters is 1. The average Bonchev–Trinajstić information content (AvgIpc) is 1.83. The molecule has 0 aromatic heterocycles. The van der Waals surface area contributed by atoms with Gasteiger partial charge in [0.25, 0.3) is 0 Å². The second kappa shape index (κ2) is 7.98. The quantitative estimate of drug-likeness (QED) is 0.401. The summed E-state index contributed by atoms with van der Waals surface area (Å²) in [6.07, 6.45) is -0.0470. The summed E-state index contributed by atoms with van der Waals surface area (Å²) in [5.74, 6) is -0.315. The van der Waals surface area contributed by atoms with Crippen LogP contribution in [0.25, 0.3) is 0 Å². The maximum Gasteiger partial charge on any atom is 0.333 e. The molecule has 0 amide bonds. The van der Waals surface area contributed by atoms with Crippen LogP contribution in [0.15, 0.2) is 12.2 Å². The van der Waals surface area contributed by atoms with E-state index in [0.717, 1.165) is 0 Å². The van der Waals surface area contributed by atoms with Gasteiger partial charge in [-0.15, -0.1) is 0 Å². The lowest BCUT2D eigenvalue weighted by molar-refractivity contribution is -0.142. The van der Waals surface area contributed by atoms with Crippen molar-refractivity contribution in [3.63, 3.8) is 0 Å². The lowest BCUT2D eigenvalue weighted by Crippen LogP contribution is -2.11. The predicted octanol–water partition coefficient (Wildman–Crippen LogP) is 0.875. The van der Waals surface area contributed by atoms with Gasteiger partial charge in [-0.05, 0) is 20.8 Å². The average molecular weight is 210 g/mol. The van der Waals surface area contributed by atoms with Gasteiger partial charge < -0.3 is 14.5 Å². The molecule has 78 valence electrons. The largest absolute Gasteiger partial charge is 0.460 e. The van der Waals surface area contributed by atoms with E-state index >= 15 is 0 Å². The van der Waals surface area contributed by atoms with Crippen molar-refractivity contribution >= 4 is 14.2 Å². The summed E-state index contributed by atoms with van der Waals surface area (Å²) in [6.45, 7) is 8.68. The first-order valence-electron chi connectivity index (χ1n) is 3.55. The van der Waals surface area contributed by atoms with E-state index in [1.54, 1.807) is 20.8 Å². The predicted molar refractivity (Wildman–Crippen MR) is 49.5 cm³/mol. The highest BCUT2D eigenvalue weighted by Crippen LogP contribution is 1.98. The molecule has 0 rings (SSSR count). The summed E-state index contributed by atoms with van der Waals surface area (Å²) in [4.78, 5) is 24.9. The molecular formula is C7H15O5P. The Balaban J connectivity index is 0. The van der Waals surface area contributed by atoms with Crippen molar-refractivity contribution in [2.75, 3.05) is 0 Å². The van der Waals surface area contributed by atoms with Crippen molar-refractivity contribution in [2.45, 2.75) is 26.9 Å². The first kappa shape index (κ1) is 14.9. The van der Waals surface area contributed by atoms with Crippen molar-refractivity contribution in [2.24, 2.45) is 0 Å². The van der Waals surface area contributed by atoms with Gasteiger partial charge in [-0.1, -0.05) is 6.58 Å². The molecule has 0 aromatic carbocycles. The van der Waals surface area contributed by atoms with Crippen LogP contribution in [-0.2, 0) is 14.1 Å². The van der Waals surface area contributed by atoms with Gasteiger partial charge in [0, 0.05) is 5.57 Å². The molecule has 0 aromatic rings. The molecule has 0 fully saturated rings. The number of hydrogen-bond donors (Lipinski definition) is 2. The first-order chi connectivity index (χ1) is 5.77. The van der Waals surface area contributed by atoms with Crippen LogP contribution in [0.2, 0.25) is 0 Å². The first-order valence-corrected chi connectivity index (χ1v) is 4.86. The molecule has 0 aliphatic rings. The summed E-state index contributed by atoms with van der Waals surface area (Å²) in [5, 5.41) is 0. The summed E-state index contributed by atoms with van der Waals surface area (Å²) in [7, 11) is -3.13. The Bertz CT molecular complexity index is 195. The lowest BCUT2D eigenvalue weighted by Gasteiger charge is -2.05. The van der Waals surface area contributed by atoms with Gasteiger partial charge >= 0.3 is 14.2 Å². The standard InChI is InChI=1S/C7H12O2.H3O3P/c1-5(2)7(8)9-6(3)4;1-4(2)3/h6H,1H2,2-4H3;4H,(H2,1,2,3). The van der Waals surface area contributed by atoms with Gasteiger partial charge in [0.15, 0.2) is 0 Å². The van der Waals surface area contributed by atoms with E-state index in [2.05, 4.69) is 6.58 Å². The second-order valence-electron chi connectivity index (χ2n) is 2.52. The minimum atomic E-state index is -3.13. The highest BCUT2D eigenvalue weighted by Gasteiger charge is 2.03. The van der Waals surface area contributed by atoms with Crippen LogP contribution in [0.3, 0.4) is 0 Å². The molecule has 2 N–H and O–H groups in total. The Kier molecular flexibility index (Phi) is 9.12. The van der Waals surface area contributed by atoms with Crippen molar-refractivity contribution in [3.8, 4) is 0 Å². The Morgan fingerprint density at radius 1 is 1.46 bits per heavy atom. The topological polar surface area (TPSA) is 83.8 Å². The molecule has 0 atom stereocenters. The van der Waals surface area contributed by atoms with Crippen LogP contribution in [0.5, 0.6) is 0 Å². The zero-order valence-electron chi connectivity index (χ0n) is 7.90. The molecule has 0 bridgehead atoms. The number of ether oxygens (including phenoxy) is 1. The Morgan fingerprint density at radius 2 is 1.77 bits per heavy atom. The fourth-order valence-electron chi connectivity index (χ4n) is 0.315. The normalized spacial score (nSPS) is 9.15. The molecular weight excluding hydrogens is 195 g/mol. The monoisotopic (exact) mass is 210 g/mol. The van der Waals surface area contributed by atoms with E-state index < -0.39 is 8.25 Å². The van der Waals surface area contributed by atoms with E-state index in [9.17, 15) is 4.79 Å². The second-order valence-corrected chi connectivity index (χ2v) is 3.08. The van der Waals surface area contributed by atoms with Crippen LogP contribution in [-0.4, -0.2) is 21.9 Å². The fraction of sp³-hybridized carbons (Fsp3) is 0.571. The zero-order chi connectivity index (χ0) is 11.0. The molecule has 0 aliphatic heterocycles. The van der Waals surface area contributed by atoms with Crippen molar-refractivity contribution < 1.29 is 23.9 Å². The van der Waals surface area contributed by atoms with E-state index in [-0.39, 0.29) is 12.1 Å². The van der Waals surface area contributed by atoms with Crippen LogP contribution in [0.1, 0.15) is 20.8 Å². The third-order valence-corrected chi connectivity index (χ3v) is 0.691. The minimum Gasteiger partial charge on any atom is -0.460 e. The SMILES string of the molecule is C=C(C)C(=O)OC(C)C.O=[PH](O)O. The van der Waals surface area contributed by atoms with E-state index in [1.165, 1.54) is 0 Å². The van der Waals surface area contributed by atoms with Gasteiger partial charge in [-0.2, -0.15) is 0 Å². The van der Waals surface area contributed by atoms with E-state index in [1.807, 2.05) is 0 Å². The number of carbonyl (C=O) groups is 1. The summed E-state index contributed by atoms with van der Waals surface area (Å²) in [6, 6.07) is 0. The maximum absolute atomic E-state index is 10.6. The highest BCUT2D eigenvalue weighted by atomic mass is 31.1. The molecule has 0 saturated heterocycles. The van der Waals surface area contributed by atoms with Crippen LogP contribution < -0.4 is 0 Å². The van der Waals surface area contributed by atoms with Gasteiger partial charge in [-0.25, -0.2) is 4.79 Å². The molecule has 6 heteroatoms. The summed E-state index contributed by atoms with van der Waals surface area (Å²) in [5.41, 5.74) is 0.448. The Morgan fingerprint density at radius 3 is 1.85 bits per heavy atom.